The molecule has 2 heteroatoms. The van der Waals surface area contributed by atoms with Gasteiger partial charge in [-0.1, -0.05) is 32.6 Å². The first kappa shape index (κ1) is 13.0. The molecule has 0 aliphatic heterocycles. The Morgan fingerprint density at radius 3 is 2.60 bits per heavy atom. The molecule has 0 spiro atoms. The summed E-state index contributed by atoms with van der Waals surface area (Å²) in [5.41, 5.74) is 0. The third-order valence-corrected chi connectivity index (χ3v) is 3.61. The van der Waals surface area contributed by atoms with E-state index in [9.17, 15) is 0 Å². The lowest BCUT2D eigenvalue weighted by Crippen LogP contribution is -2.35. The Kier molecular flexibility index (Phi) is 7.03. The number of hydrogen-bond acceptors (Lipinski definition) is 2. The number of hydrogen-bond donors (Lipinski definition) is 1. The Balaban J connectivity index is 2.09. The zero-order valence-corrected chi connectivity index (χ0v) is 10.4. The van der Waals surface area contributed by atoms with Crippen LogP contribution in [0.4, 0.5) is 0 Å². The Bertz CT molecular complexity index is 143. The standard InChI is InChI=1S/C13H27NO/c1-3-12(9-10-15-2)11-14-13-7-5-4-6-8-13/h12-14H,3-11H2,1-2H3. The van der Waals surface area contributed by atoms with Gasteiger partial charge in [0.05, 0.1) is 0 Å². The minimum atomic E-state index is 0.798. The van der Waals surface area contributed by atoms with Crippen LogP contribution in [0.25, 0.3) is 0 Å². The maximum Gasteiger partial charge on any atom is 0.0465 e. The van der Waals surface area contributed by atoms with Crippen LogP contribution in [0.15, 0.2) is 0 Å². The lowest BCUT2D eigenvalue weighted by atomic mass is 9.94. The molecule has 1 aliphatic carbocycles. The van der Waals surface area contributed by atoms with E-state index in [0.717, 1.165) is 18.6 Å². The number of rotatable bonds is 7. The fourth-order valence-corrected chi connectivity index (χ4v) is 2.38. The van der Waals surface area contributed by atoms with E-state index in [0.29, 0.717) is 0 Å². The van der Waals surface area contributed by atoms with Gasteiger partial charge >= 0.3 is 0 Å². The Morgan fingerprint density at radius 2 is 2.00 bits per heavy atom. The van der Waals surface area contributed by atoms with Gasteiger partial charge in [0.2, 0.25) is 0 Å². The molecule has 0 heterocycles. The summed E-state index contributed by atoms with van der Waals surface area (Å²) in [6, 6.07) is 0.801. The molecule has 0 aromatic heterocycles. The van der Waals surface area contributed by atoms with Gasteiger partial charge in [-0.05, 0) is 31.7 Å². The van der Waals surface area contributed by atoms with Crippen LogP contribution in [0.1, 0.15) is 51.9 Å². The van der Waals surface area contributed by atoms with Gasteiger partial charge in [0, 0.05) is 19.8 Å². The average Bonchev–Trinajstić information content (AvgIpc) is 2.31. The van der Waals surface area contributed by atoms with Crippen molar-refractivity contribution in [2.45, 2.75) is 57.9 Å². The van der Waals surface area contributed by atoms with Crippen LogP contribution in [-0.4, -0.2) is 26.3 Å². The first-order valence-electron chi connectivity index (χ1n) is 6.59. The molecule has 1 fully saturated rings. The maximum atomic E-state index is 5.14. The Labute approximate surface area is 94.8 Å². The second kappa shape index (κ2) is 8.12. The smallest absolute Gasteiger partial charge is 0.0465 e. The van der Waals surface area contributed by atoms with Crippen LogP contribution >= 0.6 is 0 Å². The summed E-state index contributed by atoms with van der Waals surface area (Å²) in [4.78, 5) is 0. The van der Waals surface area contributed by atoms with E-state index in [4.69, 9.17) is 4.74 Å². The molecule has 0 radical (unpaired) electrons. The van der Waals surface area contributed by atoms with Crippen LogP contribution in [0.3, 0.4) is 0 Å². The van der Waals surface area contributed by atoms with Crippen LogP contribution < -0.4 is 5.32 Å². The highest BCUT2D eigenvalue weighted by Crippen LogP contribution is 2.18. The van der Waals surface area contributed by atoms with Crippen molar-refractivity contribution < 1.29 is 4.74 Å². The molecule has 1 saturated carbocycles. The van der Waals surface area contributed by atoms with Crippen molar-refractivity contribution in [3.8, 4) is 0 Å². The molecule has 0 bridgehead atoms. The zero-order valence-electron chi connectivity index (χ0n) is 10.4. The SMILES string of the molecule is CCC(CCOC)CNC1CCCCC1. The highest BCUT2D eigenvalue weighted by Gasteiger charge is 2.14. The monoisotopic (exact) mass is 213 g/mol. The average molecular weight is 213 g/mol. The Morgan fingerprint density at radius 1 is 1.27 bits per heavy atom. The van der Waals surface area contributed by atoms with Gasteiger partial charge in [0.25, 0.3) is 0 Å². The van der Waals surface area contributed by atoms with E-state index in [1.807, 2.05) is 0 Å². The quantitative estimate of drug-likeness (QED) is 0.702. The summed E-state index contributed by atoms with van der Waals surface area (Å²) < 4.78 is 5.14. The van der Waals surface area contributed by atoms with Crippen LogP contribution in [-0.2, 0) is 4.74 Å². The minimum absolute atomic E-state index is 0.798. The molecule has 1 unspecified atom stereocenters. The van der Waals surface area contributed by atoms with Crippen molar-refractivity contribution in [2.75, 3.05) is 20.3 Å². The second-order valence-corrected chi connectivity index (χ2v) is 4.80. The molecule has 0 aromatic rings. The lowest BCUT2D eigenvalue weighted by Gasteiger charge is -2.25. The third-order valence-electron chi connectivity index (χ3n) is 3.61. The number of nitrogens with one attached hydrogen (secondary N) is 1. The summed E-state index contributed by atoms with van der Waals surface area (Å²) in [5.74, 6) is 0.798. The Hall–Kier alpha value is -0.0800. The van der Waals surface area contributed by atoms with Crippen molar-refractivity contribution >= 4 is 0 Å². The van der Waals surface area contributed by atoms with Crippen molar-refractivity contribution in [3.05, 3.63) is 0 Å². The summed E-state index contributed by atoms with van der Waals surface area (Å²) in [5, 5.41) is 3.73. The van der Waals surface area contributed by atoms with Crippen molar-refractivity contribution in [1.82, 2.24) is 5.32 Å². The molecule has 1 atom stereocenters. The van der Waals surface area contributed by atoms with E-state index < -0.39 is 0 Å². The predicted molar refractivity (Wildman–Crippen MR) is 65.1 cm³/mol. The molecule has 1 N–H and O–H groups in total. The molecule has 2 nitrogen and oxygen atoms in total. The van der Waals surface area contributed by atoms with Gasteiger partial charge in [-0.15, -0.1) is 0 Å². The second-order valence-electron chi connectivity index (χ2n) is 4.80. The van der Waals surface area contributed by atoms with E-state index in [2.05, 4.69) is 12.2 Å². The molecular weight excluding hydrogens is 186 g/mol. The van der Waals surface area contributed by atoms with Gasteiger partial charge in [-0.3, -0.25) is 0 Å². The fourth-order valence-electron chi connectivity index (χ4n) is 2.38. The largest absolute Gasteiger partial charge is 0.385 e. The molecule has 0 saturated heterocycles. The summed E-state index contributed by atoms with van der Waals surface area (Å²) in [7, 11) is 1.79. The fraction of sp³-hybridized carbons (Fsp3) is 1.00. The molecule has 1 rings (SSSR count). The van der Waals surface area contributed by atoms with Crippen molar-refractivity contribution in [2.24, 2.45) is 5.92 Å². The first-order valence-corrected chi connectivity index (χ1v) is 6.59. The lowest BCUT2D eigenvalue weighted by molar-refractivity contribution is 0.173. The molecule has 0 amide bonds. The minimum Gasteiger partial charge on any atom is -0.385 e. The normalized spacial score (nSPS) is 20.4. The summed E-state index contributed by atoms with van der Waals surface area (Å²) in [6.07, 6.45) is 9.54. The zero-order chi connectivity index (χ0) is 10.9. The van der Waals surface area contributed by atoms with Crippen LogP contribution in [0.2, 0.25) is 0 Å². The topological polar surface area (TPSA) is 21.3 Å². The maximum absolute atomic E-state index is 5.14. The molecule has 1 aliphatic rings. The van der Waals surface area contributed by atoms with Gasteiger partial charge in [0.1, 0.15) is 0 Å². The van der Waals surface area contributed by atoms with E-state index >= 15 is 0 Å². The van der Waals surface area contributed by atoms with Crippen LogP contribution in [0.5, 0.6) is 0 Å². The molecule has 0 aromatic carbocycles. The predicted octanol–water partition coefficient (Wildman–Crippen LogP) is 2.97. The van der Waals surface area contributed by atoms with Gasteiger partial charge in [-0.2, -0.15) is 0 Å². The molecule has 15 heavy (non-hydrogen) atoms. The molecule has 90 valence electrons. The van der Waals surface area contributed by atoms with Crippen molar-refractivity contribution in [3.63, 3.8) is 0 Å². The van der Waals surface area contributed by atoms with Crippen LogP contribution in [0, 0.1) is 5.92 Å². The van der Waals surface area contributed by atoms with E-state index in [-0.39, 0.29) is 0 Å². The van der Waals surface area contributed by atoms with E-state index in [1.54, 1.807) is 7.11 Å². The third kappa shape index (κ3) is 5.53. The highest BCUT2D eigenvalue weighted by atomic mass is 16.5. The highest BCUT2D eigenvalue weighted by molar-refractivity contribution is 4.73. The van der Waals surface area contributed by atoms with Gasteiger partial charge < -0.3 is 10.1 Å². The summed E-state index contributed by atoms with van der Waals surface area (Å²) in [6.45, 7) is 4.37. The number of ether oxygens (including phenoxy) is 1. The van der Waals surface area contributed by atoms with Crippen molar-refractivity contribution in [1.29, 1.82) is 0 Å². The van der Waals surface area contributed by atoms with E-state index in [1.165, 1.54) is 51.5 Å². The van der Waals surface area contributed by atoms with Gasteiger partial charge in [-0.25, -0.2) is 0 Å². The summed E-state index contributed by atoms with van der Waals surface area (Å²) >= 11 is 0. The molecular formula is C13H27NO. The first-order chi connectivity index (χ1) is 7.36. The van der Waals surface area contributed by atoms with Gasteiger partial charge in [0.15, 0.2) is 0 Å². The number of methoxy groups -OCH3 is 1.